The molecule has 116 valence electrons. The molecule has 0 radical (unpaired) electrons. The molecule has 20 heavy (non-hydrogen) atoms. The lowest BCUT2D eigenvalue weighted by atomic mass is 9.87. The van der Waals surface area contributed by atoms with E-state index in [1.807, 2.05) is 0 Å². The molecule has 1 amide bonds. The van der Waals surface area contributed by atoms with Crippen LogP contribution in [0.25, 0.3) is 0 Å². The highest BCUT2D eigenvalue weighted by atomic mass is 16.2. The second kappa shape index (κ2) is 7.99. The highest BCUT2D eigenvalue weighted by Crippen LogP contribution is 2.23. The summed E-state index contributed by atoms with van der Waals surface area (Å²) >= 11 is 0. The van der Waals surface area contributed by atoms with Gasteiger partial charge in [-0.3, -0.25) is 9.69 Å². The van der Waals surface area contributed by atoms with E-state index < -0.39 is 0 Å². The summed E-state index contributed by atoms with van der Waals surface area (Å²) in [5.41, 5.74) is 5.61. The molecule has 1 saturated carbocycles. The highest BCUT2D eigenvalue weighted by molar-refractivity contribution is 5.78. The summed E-state index contributed by atoms with van der Waals surface area (Å²) in [6.45, 7) is 5.80. The lowest BCUT2D eigenvalue weighted by Gasteiger charge is -2.32. The maximum Gasteiger partial charge on any atom is 0.234 e. The Hall–Kier alpha value is -0.610. The van der Waals surface area contributed by atoms with Crippen molar-refractivity contribution in [1.82, 2.24) is 10.2 Å². The van der Waals surface area contributed by atoms with Gasteiger partial charge in [0.15, 0.2) is 0 Å². The number of hydrogen-bond acceptors (Lipinski definition) is 3. The second-order valence-electron chi connectivity index (χ2n) is 6.82. The quantitative estimate of drug-likeness (QED) is 0.807. The molecule has 4 heteroatoms. The molecule has 0 atom stereocenters. The third-order valence-electron chi connectivity index (χ3n) is 5.03. The minimum Gasteiger partial charge on any atom is -0.352 e. The summed E-state index contributed by atoms with van der Waals surface area (Å²) < 4.78 is 0. The number of hydrogen-bond donors (Lipinski definition) is 2. The first-order chi connectivity index (χ1) is 9.67. The van der Waals surface area contributed by atoms with E-state index in [0.717, 1.165) is 50.7 Å². The molecule has 0 unspecified atom stereocenters. The van der Waals surface area contributed by atoms with Crippen molar-refractivity contribution in [2.45, 2.75) is 57.9 Å². The summed E-state index contributed by atoms with van der Waals surface area (Å²) in [6.07, 6.45) is 8.37. The average Bonchev–Trinajstić information content (AvgIpc) is 2.44. The van der Waals surface area contributed by atoms with Crippen LogP contribution in [0.1, 0.15) is 51.9 Å². The number of nitrogens with two attached hydrogens (primary N) is 1. The van der Waals surface area contributed by atoms with Crippen molar-refractivity contribution in [2.75, 3.05) is 26.2 Å². The molecule has 0 aromatic heterocycles. The van der Waals surface area contributed by atoms with Gasteiger partial charge in [-0.1, -0.05) is 6.92 Å². The summed E-state index contributed by atoms with van der Waals surface area (Å²) in [4.78, 5) is 14.4. The monoisotopic (exact) mass is 281 g/mol. The fourth-order valence-electron chi connectivity index (χ4n) is 3.55. The first-order valence-electron chi connectivity index (χ1n) is 8.39. The summed E-state index contributed by atoms with van der Waals surface area (Å²) in [5, 5.41) is 3.22. The Morgan fingerprint density at radius 1 is 1.15 bits per heavy atom. The molecule has 2 aliphatic rings. The largest absolute Gasteiger partial charge is 0.352 e. The Kier molecular flexibility index (Phi) is 6.30. The SMILES string of the molecule is CC1CCC(NC(=O)CN2CCC(CCN)CC2)CC1. The molecule has 1 saturated heterocycles. The van der Waals surface area contributed by atoms with E-state index in [4.69, 9.17) is 5.73 Å². The van der Waals surface area contributed by atoms with Gasteiger partial charge in [-0.25, -0.2) is 0 Å². The third kappa shape index (κ3) is 5.06. The molecule has 4 nitrogen and oxygen atoms in total. The fraction of sp³-hybridized carbons (Fsp3) is 0.938. The van der Waals surface area contributed by atoms with E-state index in [-0.39, 0.29) is 5.91 Å². The molecule has 0 bridgehead atoms. The Morgan fingerprint density at radius 2 is 1.80 bits per heavy atom. The third-order valence-corrected chi connectivity index (χ3v) is 5.03. The van der Waals surface area contributed by atoms with Crippen LogP contribution in [0.3, 0.4) is 0 Å². The van der Waals surface area contributed by atoms with Crippen LogP contribution in [-0.4, -0.2) is 43.0 Å². The first-order valence-corrected chi connectivity index (χ1v) is 8.39. The molecular weight excluding hydrogens is 250 g/mol. The Labute approximate surface area is 123 Å². The maximum atomic E-state index is 12.1. The van der Waals surface area contributed by atoms with Crippen molar-refractivity contribution in [1.29, 1.82) is 0 Å². The molecule has 2 fully saturated rings. The number of nitrogens with zero attached hydrogens (tertiary/aromatic N) is 1. The van der Waals surface area contributed by atoms with Gasteiger partial charge < -0.3 is 11.1 Å². The van der Waals surface area contributed by atoms with Gasteiger partial charge in [0.05, 0.1) is 6.54 Å². The number of rotatable bonds is 5. The van der Waals surface area contributed by atoms with Crippen molar-refractivity contribution >= 4 is 5.91 Å². The van der Waals surface area contributed by atoms with Crippen molar-refractivity contribution in [3.63, 3.8) is 0 Å². The zero-order valence-electron chi connectivity index (χ0n) is 12.9. The smallest absolute Gasteiger partial charge is 0.234 e. The van der Waals surface area contributed by atoms with Gasteiger partial charge in [0.25, 0.3) is 0 Å². The van der Waals surface area contributed by atoms with Gasteiger partial charge in [-0.15, -0.1) is 0 Å². The van der Waals surface area contributed by atoms with E-state index in [2.05, 4.69) is 17.1 Å². The predicted molar refractivity (Wildman–Crippen MR) is 82.4 cm³/mol. The van der Waals surface area contributed by atoms with Crippen molar-refractivity contribution in [2.24, 2.45) is 17.6 Å². The van der Waals surface area contributed by atoms with E-state index >= 15 is 0 Å². The fourth-order valence-corrected chi connectivity index (χ4v) is 3.55. The van der Waals surface area contributed by atoms with Crippen molar-refractivity contribution in [3.05, 3.63) is 0 Å². The van der Waals surface area contributed by atoms with Crippen LogP contribution < -0.4 is 11.1 Å². The van der Waals surface area contributed by atoms with Crippen LogP contribution in [-0.2, 0) is 4.79 Å². The first kappa shape index (κ1) is 15.8. The van der Waals surface area contributed by atoms with E-state index in [1.165, 1.54) is 25.7 Å². The number of carbonyl (C=O) groups is 1. The summed E-state index contributed by atoms with van der Waals surface area (Å²) in [6, 6.07) is 0.425. The Morgan fingerprint density at radius 3 is 2.40 bits per heavy atom. The van der Waals surface area contributed by atoms with Crippen LogP contribution in [0.15, 0.2) is 0 Å². The number of amides is 1. The zero-order chi connectivity index (χ0) is 14.4. The molecule has 0 spiro atoms. The molecule has 1 aliphatic heterocycles. The molecule has 0 aromatic carbocycles. The van der Waals surface area contributed by atoms with Crippen LogP contribution >= 0.6 is 0 Å². The minimum atomic E-state index is 0.224. The lowest BCUT2D eigenvalue weighted by molar-refractivity contribution is -0.123. The molecular formula is C16H31N3O. The molecule has 1 aliphatic carbocycles. The normalized spacial score (nSPS) is 29.3. The van der Waals surface area contributed by atoms with Crippen molar-refractivity contribution in [3.8, 4) is 0 Å². The van der Waals surface area contributed by atoms with E-state index in [9.17, 15) is 4.79 Å². The molecule has 2 rings (SSSR count). The standard InChI is InChI=1S/C16H31N3O/c1-13-2-4-15(5-3-13)18-16(20)12-19-10-7-14(6-9-17)8-11-19/h13-15H,2-12,17H2,1H3,(H,18,20). The predicted octanol–water partition coefficient (Wildman–Crippen LogP) is 1.74. The second-order valence-corrected chi connectivity index (χ2v) is 6.82. The maximum absolute atomic E-state index is 12.1. The van der Waals surface area contributed by atoms with Gasteiger partial charge in [0.2, 0.25) is 5.91 Å². The average molecular weight is 281 g/mol. The van der Waals surface area contributed by atoms with Crippen LogP contribution in [0.2, 0.25) is 0 Å². The van der Waals surface area contributed by atoms with Crippen LogP contribution in [0.4, 0.5) is 0 Å². The van der Waals surface area contributed by atoms with Gasteiger partial charge in [-0.05, 0) is 76.4 Å². The molecule has 0 aromatic rings. The van der Waals surface area contributed by atoms with Gasteiger partial charge in [0, 0.05) is 6.04 Å². The topological polar surface area (TPSA) is 58.4 Å². The Balaban J connectivity index is 1.63. The summed E-state index contributed by atoms with van der Waals surface area (Å²) in [5.74, 6) is 1.84. The van der Waals surface area contributed by atoms with Gasteiger partial charge in [0.1, 0.15) is 0 Å². The van der Waals surface area contributed by atoms with Gasteiger partial charge >= 0.3 is 0 Å². The van der Waals surface area contributed by atoms with Crippen LogP contribution in [0.5, 0.6) is 0 Å². The van der Waals surface area contributed by atoms with E-state index in [0.29, 0.717) is 12.6 Å². The lowest BCUT2D eigenvalue weighted by Crippen LogP contribution is -2.45. The number of carbonyl (C=O) groups excluding carboxylic acids is 1. The number of likely N-dealkylation sites (tertiary alicyclic amines) is 1. The number of nitrogens with one attached hydrogen (secondary N) is 1. The Bertz CT molecular complexity index is 292. The van der Waals surface area contributed by atoms with E-state index in [1.54, 1.807) is 0 Å². The minimum absolute atomic E-state index is 0.224. The molecule has 3 N–H and O–H groups in total. The van der Waals surface area contributed by atoms with Gasteiger partial charge in [-0.2, -0.15) is 0 Å². The number of piperidine rings is 1. The van der Waals surface area contributed by atoms with Crippen LogP contribution in [0, 0.1) is 11.8 Å². The van der Waals surface area contributed by atoms with Crippen molar-refractivity contribution < 1.29 is 4.79 Å². The summed E-state index contributed by atoms with van der Waals surface area (Å²) in [7, 11) is 0. The molecule has 1 heterocycles. The highest BCUT2D eigenvalue weighted by Gasteiger charge is 2.23. The zero-order valence-corrected chi connectivity index (χ0v) is 12.9.